The van der Waals surface area contributed by atoms with Crippen LogP contribution in [0.5, 0.6) is 0 Å². The minimum atomic E-state index is 0.866. The zero-order valence-electron chi connectivity index (χ0n) is 5.26. The van der Waals surface area contributed by atoms with Gasteiger partial charge < -0.3 is 0 Å². The van der Waals surface area contributed by atoms with Gasteiger partial charge in [-0.25, -0.2) is 0 Å². The topological polar surface area (TPSA) is 0 Å². The van der Waals surface area contributed by atoms with Gasteiger partial charge in [-0.15, -0.1) is 8.19 Å². The minimum Gasteiger partial charge on any atom is -0.132 e. The molecule has 0 saturated carbocycles. The third kappa shape index (κ3) is 0.902. The summed E-state index contributed by atoms with van der Waals surface area (Å²) in [6.45, 7) is 0. The molecule has 1 unspecified atom stereocenters. The van der Waals surface area contributed by atoms with Crippen molar-refractivity contribution in [1.82, 2.24) is 0 Å². The largest absolute Gasteiger partial charge is 0.132 e. The van der Waals surface area contributed by atoms with E-state index in [0.717, 1.165) is 8.19 Å². The molecule has 0 aliphatic heterocycles. The molecule has 0 saturated heterocycles. The third-order valence-corrected chi connectivity index (χ3v) is 3.31. The van der Waals surface area contributed by atoms with Crippen molar-refractivity contribution in [1.29, 1.82) is 0 Å². The van der Waals surface area contributed by atoms with Crippen molar-refractivity contribution in [2.45, 2.75) is 0 Å². The van der Waals surface area contributed by atoms with Crippen LogP contribution in [0.25, 0.3) is 10.5 Å². The fraction of sp³-hybridized carbons (Fsp3) is 0. The predicted molar refractivity (Wildman–Crippen MR) is 51.1 cm³/mol. The molecule has 2 heteroatoms. The highest BCUT2D eigenvalue weighted by atomic mass is 79.9. The number of rotatable bonds is 0. The Morgan fingerprint density at radius 1 is 1.20 bits per heavy atom. The molecule has 0 fully saturated rings. The highest BCUT2D eigenvalue weighted by molar-refractivity contribution is 9.10. The van der Waals surface area contributed by atoms with Crippen molar-refractivity contribution in [3.05, 3.63) is 34.5 Å². The summed E-state index contributed by atoms with van der Waals surface area (Å²) < 4.78 is 1.21. The van der Waals surface area contributed by atoms with E-state index in [-0.39, 0.29) is 0 Å². The highest BCUT2D eigenvalue weighted by Crippen LogP contribution is 2.30. The minimum absolute atomic E-state index is 0.866. The first-order valence-electron chi connectivity index (χ1n) is 3.09. The average molecular weight is 213 g/mol. The lowest BCUT2D eigenvalue weighted by Gasteiger charge is -1.90. The Morgan fingerprint density at radius 2 is 2.10 bits per heavy atom. The number of halogens is 1. The molecule has 1 heterocycles. The highest BCUT2D eigenvalue weighted by Gasteiger charge is 1.94. The lowest BCUT2D eigenvalue weighted by atomic mass is 10.3. The average Bonchev–Trinajstić information content (AvgIpc) is 2.36. The van der Waals surface area contributed by atoms with E-state index in [4.69, 9.17) is 0 Å². The number of benzene rings is 1. The number of hydrogen-bond donors (Lipinski definition) is 0. The van der Waals surface area contributed by atoms with Crippen molar-refractivity contribution in [2.24, 2.45) is 0 Å². The van der Waals surface area contributed by atoms with Gasteiger partial charge in [0.1, 0.15) is 0 Å². The Bertz CT molecular complexity index is 351. The van der Waals surface area contributed by atoms with Gasteiger partial charge >= 0.3 is 0 Å². The summed E-state index contributed by atoms with van der Waals surface area (Å²) in [5.41, 5.74) is 0. The van der Waals surface area contributed by atoms with Gasteiger partial charge in [-0.05, 0) is 28.4 Å². The third-order valence-electron chi connectivity index (χ3n) is 1.54. The molecule has 1 atom stereocenters. The molecule has 0 amide bonds. The molecule has 0 aliphatic carbocycles. The van der Waals surface area contributed by atoms with Crippen molar-refractivity contribution in [3.63, 3.8) is 0 Å². The van der Waals surface area contributed by atoms with Crippen LogP contribution >= 0.6 is 24.1 Å². The molecule has 10 heavy (non-hydrogen) atoms. The summed E-state index contributed by atoms with van der Waals surface area (Å²) in [7, 11) is 0.866. The van der Waals surface area contributed by atoms with E-state index in [1.54, 1.807) is 0 Å². The van der Waals surface area contributed by atoms with Gasteiger partial charge in [-0.3, -0.25) is 0 Å². The zero-order valence-corrected chi connectivity index (χ0v) is 7.85. The normalized spacial score (nSPS) is 11.3. The molecule has 0 radical (unpaired) electrons. The summed E-state index contributed by atoms with van der Waals surface area (Å²) in [4.78, 5) is 0. The molecule has 50 valence electrons. The summed E-state index contributed by atoms with van der Waals surface area (Å²) in [5.74, 6) is 2.22. The smallest absolute Gasteiger partial charge is 0.0257 e. The Kier molecular flexibility index (Phi) is 1.55. The van der Waals surface area contributed by atoms with Crippen LogP contribution < -0.4 is 0 Å². The van der Waals surface area contributed by atoms with Crippen molar-refractivity contribution in [2.75, 3.05) is 0 Å². The van der Waals surface area contributed by atoms with Crippen molar-refractivity contribution >= 4 is 34.6 Å². The van der Waals surface area contributed by atoms with Crippen LogP contribution in [-0.2, 0) is 0 Å². The lowest BCUT2D eigenvalue weighted by molar-refractivity contribution is 1.79. The van der Waals surface area contributed by atoms with Crippen LogP contribution in [0.3, 0.4) is 0 Å². The van der Waals surface area contributed by atoms with Gasteiger partial charge in [0.25, 0.3) is 0 Å². The maximum atomic E-state index is 3.50. The molecule has 0 N–H and O–H groups in total. The van der Waals surface area contributed by atoms with Gasteiger partial charge in [-0.1, -0.05) is 28.1 Å². The molecular weight excluding hydrogens is 207 g/mol. The predicted octanol–water partition coefficient (Wildman–Crippen LogP) is 3.63. The van der Waals surface area contributed by atoms with Crippen LogP contribution in [0.2, 0.25) is 0 Å². The summed E-state index contributed by atoms with van der Waals surface area (Å²) >= 11 is 3.50. The zero-order chi connectivity index (χ0) is 6.97. The van der Waals surface area contributed by atoms with Crippen LogP contribution in [0.4, 0.5) is 0 Å². The first-order chi connectivity index (χ1) is 4.88. The molecule has 0 nitrogen and oxygen atoms in total. The second-order valence-electron chi connectivity index (χ2n) is 2.18. The standard InChI is InChI=1S/C8H6BrP/c9-7-2-1-3-8-6(7)4-5-10-8/h1-5,10H. The molecule has 1 aromatic heterocycles. The van der Waals surface area contributed by atoms with E-state index >= 15 is 0 Å². The van der Waals surface area contributed by atoms with Crippen LogP contribution in [0.1, 0.15) is 0 Å². The lowest BCUT2D eigenvalue weighted by Crippen LogP contribution is -1.62. The summed E-state index contributed by atoms with van der Waals surface area (Å²) in [6, 6.07) is 8.53. The fourth-order valence-electron chi connectivity index (χ4n) is 1.05. The molecule has 2 rings (SSSR count). The Labute approximate surface area is 69.5 Å². The second-order valence-corrected chi connectivity index (χ2v) is 4.19. The van der Waals surface area contributed by atoms with Gasteiger partial charge in [0.15, 0.2) is 0 Å². The van der Waals surface area contributed by atoms with Gasteiger partial charge in [0, 0.05) is 4.47 Å². The summed E-state index contributed by atoms with van der Waals surface area (Å²) in [6.07, 6.45) is 0. The maximum absolute atomic E-state index is 3.50. The maximum Gasteiger partial charge on any atom is 0.0257 e. The van der Waals surface area contributed by atoms with E-state index < -0.39 is 0 Å². The first-order valence-corrected chi connectivity index (χ1v) is 4.96. The van der Waals surface area contributed by atoms with E-state index in [2.05, 4.69) is 46.0 Å². The molecule has 2 aromatic rings. The molecule has 1 aromatic carbocycles. The first kappa shape index (κ1) is 6.45. The molecular formula is C8H6BrP. The number of fused-ring (bicyclic) bond motifs is 1. The van der Waals surface area contributed by atoms with E-state index in [0.29, 0.717) is 0 Å². The SMILES string of the molecule is Brc1cccc2[pH]ccc12. The van der Waals surface area contributed by atoms with Gasteiger partial charge in [0.05, 0.1) is 0 Å². The number of hydrogen-bond acceptors (Lipinski definition) is 0. The van der Waals surface area contributed by atoms with E-state index in [9.17, 15) is 0 Å². The van der Waals surface area contributed by atoms with Crippen molar-refractivity contribution in [3.8, 4) is 0 Å². The molecule has 0 aliphatic rings. The van der Waals surface area contributed by atoms with Crippen LogP contribution in [0, 0.1) is 0 Å². The Balaban J connectivity index is 2.95. The molecule has 0 bridgehead atoms. The van der Waals surface area contributed by atoms with Crippen LogP contribution in [-0.4, -0.2) is 0 Å². The van der Waals surface area contributed by atoms with Crippen LogP contribution in [0.15, 0.2) is 34.5 Å². The second kappa shape index (κ2) is 2.41. The monoisotopic (exact) mass is 212 g/mol. The van der Waals surface area contributed by atoms with E-state index in [1.807, 2.05) is 0 Å². The van der Waals surface area contributed by atoms with E-state index in [1.165, 1.54) is 15.0 Å². The van der Waals surface area contributed by atoms with Gasteiger partial charge in [0.2, 0.25) is 0 Å². The fourth-order valence-corrected chi connectivity index (χ4v) is 2.72. The van der Waals surface area contributed by atoms with Gasteiger partial charge in [-0.2, -0.15) is 0 Å². The quantitative estimate of drug-likeness (QED) is 0.626. The Hall–Kier alpha value is -0.260. The Morgan fingerprint density at radius 3 is 2.90 bits per heavy atom. The summed E-state index contributed by atoms with van der Waals surface area (Å²) in [5, 5.41) is 2.82. The van der Waals surface area contributed by atoms with Crippen molar-refractivity contribution < 1.29 is 0 Å². The molecule has 0 spiro atoms.